The first-order chi connectivity index (χ1) is 12.4. The lowest BCUT2D eigenvalue weighted by Gasteiger charge is -2.09. The van der Waals surface area contributed by atoms with Crippen LogP contribution in [-0.2, 0) is 6.54 Å². The molecule has 26 heavy (non-hydrogen) atoms. The van der Waals surface area contributed by atoms with E-state index in [-0.39, 0.29) is 28.6 Å². The molecule has 0 atom stereocenters. The standard InChI is InChI=1S/C18H12Cl2FN3O2/c19-12-3-6-15(14(20)9-12)22-18(26)16-7-8-17(25)24(23-16)10-11-1-4-13(21)5-2-11/h1-9H,10H2,(H,22,26). The lowest BCUT2D eigenvalue weighted by Crippen LogP contribution is -2.26. The molecule has 0 saturated heterocycles. The van der Waals surface area contributed by atoms with Gasteiger partial charge >= 0.3 is 0 Å². The highest BCUT2D eigenvalue weighted by Gasteiger charge is 2.12. The van der Waals surface area contributed by atoms with Crippen LogP contribution in [0.5, 0.6) is 0 Å². The van der Waals surface area contributed by atoms with Crippen molar-refractivity contribution in [1.82, 2.24) is 9.78 Å². The van der Waals surface area contributed by atoms with Crippen LogP contribution in [-0.4, -0.2) is 15.7 Å². The van der Waals surface area contributed by atoms with Crippen LogP contribution in [0.3, 0.4) is 0 Å². The van der Waals surface area contributed by atoms with Gasteiger partial charge in [-0.25, -0.2) is 9.07 Å². The number of benzene rings is 2. The van der Waals surface area contributed by atoms with Crippen molar-refractivity contribution in [3.63, 3.8) is 0 Å². The third kappa shape index (κ3) is 4.28. The number of carbonyl (C=O) groups is 1. The Hall–Kier alpha value is -2.70. The van der Waals surface area contributed by atoms with Gasteiger partial charge in [-0.1, -0.05) is 35.3 Å². The zero-order valence-corrected chi connectivity index (χ0v) is 14.8. The van der Waals surface area contributed by atoms with E-state index in [1.165, 1.54) is 30.3 Å². The molecule has 1 aromatic heterocycles. The Morgan fingerprint density at radius 1 is 1.08 bits per heavy atom. The summed E-state index contributed by atoms with van der Waals surface area (Å²) in [6.07, 6.45) is 0. The monoisotopic (exact) mass is 391 g/mol. The van der Waals surface area contributed by atoms with Crippen molar-refractivity contribution in [2.75, 3.05) is 5.32 Å². The number of nitrogens with zero attached hydrogens (tertiary/aromatic N) is 2. The summed E-state index contributed by atoms with van der Waals surface area (Å²) in [7, 11) is 0. The number of nitrogens with one attached hydrogen (secondary N) is 1. The average molecular weight is 392 g/mol. The molecule has 0 bridgehead atoms. The number of halogens is 3. The Balaban J connectivity index is 1.83. The molecule has 0 saturated carbocycles. The smallest absolute Gasteiger partial charge is 0.276 e. The highest BCUT2D eigenvalue weighted by Crippen LogP contribution is 2.25. The quantitative estimate of drug-likeness (QED) is 0.731. The van der Waals surface area contributed by atoms with Crippen molar-refractivity contribution in [1.29, 1.82) is 0 Å². The number of hydrogen-bond donors (Lipinski definition) is 1. The number of amides is 1. The molecule has 0 aliphatic rings. The molecule has 0 spiro atoms. The van der Waals surface area contributed by atoms with Gasteiger partial charge in [0.15, 0.2) is 0 Å². The topological polar surface area (TPSA) is 64.0 Å². The number of anilines is 1. The first kappa shape index (κ1) is 18.1. The third-order valence-electron chi connectivity index (χ3n) is 3.52. The molecule has 132 valence electrons. The highest BCUT2D eigenvalue weighted by molar-refractivity contribution is 6.36. The summed E-state index contributed by atoms with van der Waals surface area (Å²) in [5, 5.41) is 7.40. The lowest BCUT2D eigenvalue weighted by atomic mass is 10.2. The maximum Gasteiger partial charge on any atom is 0.276 e. The van der Waals surface area contributed by atoms with E-state index in [1.807, 2.05) is 0 Å². The molecule has 1 N–H and O–H groups in total. The van der Waals surface area contributed by atoms with Gasteiger partial charge < -0.3 is 5.32 Å². The minimum Gasteiger partial charge on any atom is -0.319 e. The Morgan fingerprint density at radius 2 is 1.81 bits per heavy atom. The summed E-state index contributed by atoms with van der Waals surface area (Å²) in [5.41, 5.74) is 0.714. The van der Waals surface area contributed by atoms with Crippen LogP contribution in [0.2, 0.25) is 10.0 Å². The predicted molar refractivity (Wildman–Crippen MR) is 98.4 cm³/mol. The Morgan fingerprint density at radius 3 is 2.50 bits per heavy atom. The zero-order chi connectivity index (χ0) is 18.7. The predicted octanol–water partition coefficient (Wildman–Crippen LogP) is 3.99. The van der Waals surface area contributed by atoms with Crippen LogP contribution < -0.4 is 10.9 Å². The average Bonchev–Trinajstić information content (AvgIpc) is 2.61. The summed E-state index contributed by atoms with van der Waals surface area (Å²) >= 11 is 11.9. The second-order valence-corrected chi connectivity index (χ2v) is 6.26. The van der Waals surface area contributed by atoms with Crippen molar-refractivity contribution in [2.24, 2.45) is 0 Å². The van der Waals surface area contributed by atoms with Gasteiger partial charge in [0.2, 0.25) is 0 Å². The van der Waals surface area contributed by atoms with E-state index < -0.39 is 5.91 Å². The molecule has 3 rings (SSSR count). The molecule has 8 heteroatoms. The number of hydrogen-bond acceptors (Lipinski definition) is 3. The van der Waals surface area contributed by atoms with Crippen LogP contribution >= 0.6 is 23.2 Å². The normalized spacial score (nSPS) is 10.6. The maximum absolute atomic E-state index is 13.0. The molecule has 3 aromatic rings. The highest BCUT2D eigenvalue weighted by atomic mass is 35.5. The molecule has 0 unspecified atom stereocenters. The van der Waals surface area contributed by atoms with E-state index >= 15 is 0 Å². The second-order valence-electron chi connectivity index (χ2n) is 5.42. The van der Waals surface area contributed by atoms with Crippen LogP contribution in [0.4, 0.5) is 10.1 Å². The number of carbonyl (C=O) groups excluding carboxylic acids is 1. The van der Waals surface area contributed by atoms with Crippen molar-refractivity contribution < 1.29 is 9.18 Å². The van der Waals surface area contributed by atoms with Gasteiger partial charge in [-0.15, -0.1) is 0 Å². The first-order valence-electron chi connectivity index (χ1n) is 7.51. The third-order valence-corrected chi connectivity index (χ3v) is 4.07. The van der Waals surface area contributed by atoms with Crippen LogP contribution in [0.15, 0.2) is 59.4 Å². The summed E-state index contributed by atoms with van der Waals surface area (Å²) in [5.74, 6) is -0.899. The minimum atomic E-state index is -0.526. The van der Waals surface area contributed by atoms with Crippen LogP contribution in [0.1, 0.15) is 16.1 Å². The molecule has 5 nitrogen and oxygen atoms in total. The van der Waals surface area contributed by atoms with Gasteiger partial charge in [-0.3, -0.25) is 9.59 Å². The van der Waals surface area contributed by atoms with E-state index in [0.717, 1.165) is 4.68 Å². The zero-order valence-electron chi connectivity index (χ0n) is 13.2. The van der Waals surface area contributed by atoms with Crippen molar-refractivity contribution in [3.8, 4) is 0 Å². The first-order valence-corrected chi connectivity index (χ1v) is 8.27. The van der Waals surface area contributed by atoms with E-state index in [1.54, 1.807) is 24.3 Å². The summed E-state index contributed by atoms with van der Waals surface area (Å²) in [4.78, 5) is 24.4. The Labute approximate surface area is 158 Å². The molecule has 2 aromatic carbocycles. The molecule has 1 amide bonds. The fourth-order valence-electron chi connectivity index (χ4n) is 2.22. The summed E-state index contributed by atoms with van der Waals surface area (Å²) in [6.45, 7) is 0.113. The van der Waals surface area contributed by atoms with E-state index in [9.17, 15) is 14.0 Å². The number of aromatic nitrogens is 2. The molecule has 0 aliphatic heterocycles. The molecule has 1 heterocycles. The maximum atomic E-state index is 13.0. The van der Waals surface area contributed by atoms with E-state index in [0.29, 0.717) is 16.3 Å². The SMILES string of the molecule is O=C(Nc1ccc(Cl)cc1Cl)c1ccc(=O)n(Cc2ccc(F)cc2)n1. The summed E-state index contributed by atoms with van der Waals surface area (Å²) in [6, 6.07) is 12.9. The van der Waals surface area contributed by atoms with Gasteiger partial charge in [0.05, 0.1) is 17.3 Å². The van der Waals surface area contributed by atoms with Gasteiger partial charge in [-0.05, 0) is 42.0 Å². The fourth-order valence-corrected chi connectivity index (χ4v) is 2.68. The summed E-state index contributed by atoms with van der Waals surface area (Å²) < 4.78 is 14.1. The molecule has 0 fully saturated rings. The van der Waals surface area contributed by atoms with E-state index in [2.05, 4.69) is 10.4 Å². The fraction of sp³-hybridized carbons (Fsp3) is 0.0556. The van der Waals surface area contributed by atoms with Gasteiger partial charge in [-0.2, -0.15) is 5.10 Å². The minimum absolute atomic E-state index is 0.0396. The molecular formula is C18H12Cl2FN3O2. The lowest BCUT2D eigenvalue weighted by molar-refractivity contribution is 0.102. The Kier molecular flexibility index (Phi) is 5.35. The molecular weight excluding hydrogens is 380 g/mol. The number of rotatable bonds is 4. The van der Waals surface area contributed by atoms with Crippen LogP contribution in [0.25, 0.3) is 0 Å². The van der Waals surface area contributed by atoms with Gasteiger partial charge in [0.1, 0.15) is 11.5 Å². The van der Waals surface area contributed by atoms with Crippen molar-refractivity contribution >= 4 is 34.8 Å². The second kappa shape index (κ2) is 7.68. The van der Waals surface area contributed by atoms with Gasteiger partial charge in [0, 0.05) is 11.1 Å². The largest absolute Gasteiger partial charge is 0.319 e. The Bertz CT molecular complexity index is 1020. The molecule has 0 aliphatic carbocycles. The van der Waals surface area contributed by atoms with E-state index in [4.69, 9.17) is 23.2 Å². The van der Waals surface area contributed by atoms with Crippen molar-refractivity contribution in [3.05, 3.63) is 92.1 Å². The van der Waals surface area contributed by atoms with Gasteiger partial charge in [0.25, 0.3) is 11.5 Å². The molecule has 0 radical (unpaired) electrons. The van der Waals surface area contributed by atoms with Crippen LogP contribution in [0, 0.1) is 5.82 Å². The van der Waals surface area contributed by atoms with Crippen molar-refractivity contribution in [2.45, 2.75) is 6.54 Å².